The van der Waals surface area contributed by atoms with Crippen LogP contribution in [0.2, 0.25) is 5.02 Å². The molecule has 0 bridgehead atoms. The fourth-order valence-corrected chi connectivity index (χ4v) is 2.92. The van der Waals surface area contributed by atoms with Gasteiger partial charge in [-0.1, -0.05) is 29.8 Å². The van der Waals surface area contributed by atoms with Gasteiger partial charge in [0.25, 0.3) is 0 Å². The Kier molecular flexibility index (Phi) is 5.11. The lowest BCUT2D eigenvalue weighted by Gasteiger charge is -2.33. The van der Waals surface area contributed by atoms with Crippen molar-refractivity contribution in [3.63, 3.8) is 0 Å². The molecule has 0 aliphatic rings. The molecule has 7 heteroatoms. The number of alkyl halides is 3. The molecule has 0 fully saturated rings. The first-order valence-corrected chi connectivity index (χ1v) is 8.40. The molecule has 0 amide bonds. The summed E-state index contributed by atoms with van der Waals surface area (Å²) in [4.78, 5) is 4.25. The van der Waals surface area contributed by atoms with Crippen molar-refractivity contribution in [2.45, 2.75) is 18.6 Å². The second kappa shape index (κ2) is 7.19. The van der Waals surface area contributed by atoms with Gasteiger partial charge in [0.05, 0.1) is 16.3 Å². The standard InChI is InChI=1S/C20H15ClF4N2/c1-19(18-8-7-15(21)12-26-18,27-17-5-3-2-4-6-17)13-9-14(20(23,24)25)11-16(22)10-13/h2-12,27H,1H3/t19-/m0/s1. The van der Waals surface area contributed by atoms with E-state index in [2.05, 4.69) is 10.3 Å². The summed E-state index contributed by atoms with van der Waals surface area (Å²) in [7, 11) is 0. The van der Waals surface area contributed by atoms with E-state index < -0.39 is 23.1 Å². The summed E-state index contributed by atoms with van der Waals surface area (Å²) < 4.78 is 53.6. The van der Waals surface area contributed by atoms with E-state index in [1.54, 1.807) is 43.3 Å². The highest BCUT2D eigenvalue weighted by Gasteiger charge is 2.36. The first-order valence-electron chi connectivity index (χ1n) is 8.02. The van der Waals surface area contributed by atoms with Crippen molar-refractivity contribution in [1.82, 2.24) is 4.98 Å². The first kappa shape index (κ1) is 19.2. The van der Waals surface area contributed by atoms with E-state index in [-0.39, 0.29) is 5.56 Å². The van der Waals surface area contributed by atoms with Crippen LogP contribution >= 0.6 is 11.6 Å². The highest BCUT2D eigenvalue weighted by molar-refractivity contribution is 6.30. The Labute approximate surface area is 158 Å². The number of hydrogen-bond acceptors (Lipinski definition) is 2. The zero-order valence-corrected chi connectivity index (χ0v) is 14.9. The van der Waals surface area contributed by atoms with Gasteiger partial charge in [0.1, 0.15) is 11.4 Å². The summed E-state index contributed by atoms with van der Waals surface area (Å²) in [6.45, 7) is 1.64. The van der Waals surface area contributed by atoms with Crippen molar-refractivity contribution in [1.29, 1.82) is 0 Å². The van der Waals surface area contributed by atoms with E-state index in [4.69, 9.17) is 11.6 Å². The molecule has 1 N–H and O–H groups in total. The van der Waals surface area contributed by atoms with Crippen molar-refractivity contribution in [2.24, 2.45) is 0 Å². The van der Waals surface area contributed by atoms with Crippen LogP contribution in [0.5, 0.6) is 0 Å². The Morgan fingerprint density at radius 3 is 2.19 bits per heavy atom. The third-order valence-electron chi connectivity index (χ3n) is 4.21. The molecule has 3 aromatic rings. The van der Waals surface area contributed by atoms with Crippen LogP contribution in [0.25, 0.3) is 0 Å². The number of benzene rings is 2. The smallest absolute Gasteiger partial charge is 0.371 e. The molecule has 0 aliphatic carbocycles. The van der Waals surface area contributed by atoms with Gasteiger partial charge in [-0.2, -0.15) is 13.2 Å². The van der Waals surface area contributed by atoms with Crippen molar-refractivity contribution in [3.8, 4) is 0 Å². The predicted octanol–water partition coefficient (Wildman–Crippen LogP) is 6.27. The molecule has 2 aromatic carbocycles. The Morgan fingerprint density at radius 2 is 1.59 bits per heavy atom. The SMILES string of the molecule is C[C@](Nc1ccccc1)(c1cc(F)cc(C(F)(F)F)c1)c1ccc(Cl)cn1. The molecule has 0 spiro atoms. The highest BCUT2D eigenvalue weighted by atomic mass is 35.5. The summed E-state index contributed by atoms with van der Waals surface area (Å²) >= 11 is 5.89. The maximum absolute atomic E-state index is 14.0. The number of nitrogens with one attached hydrogen (secondary N) is 1. The van der Waals surface area contributed by atoms with Gasteiger partial charge in [0.15, 0.2) is 0 Å². The molecule has 0 radical (unpaired) electrons. The Morgan fingerprint density at radius 1 is 0.926 bits per heavy atom. The van der Waals surface area contributed by atoms with E-state index >= 15 is 0 Å². The summed E-state index contributed by atoms with van der Waals surface area (Å²) in [5.41, 5.74) is -1.15. The van der Waals surface area contributed by atoms with Gasteiger partial charge in [-0.25, -0.2) is 4.39 Å². The molecule has 1 heterocycles. The molecule has 1 atom stereocenters. The van der Waals surface area contributed by atoms with Crippen LogP contribution < -0.4 is 5.32 Å². The lowest BCUT2D eigenvalue weighted by molar-refractivity contribution is -0.137. The minimum Gasteiger partial charge on any atom is -0.371 e. The molecule has 1 aromatic heterocycles. The van der Waals surface area contributed by atoms with Crippen LogP contribution in [0.4, 0.5) is 23.2 Å². The number of para-hydroxylation sites is 1. The summed E-state index contributed by atoms with van der Waals surface area (Å²) in [5, 5.41) is 3.56. The van der Waals surface area contributed by atoms with Crippen molar-refractivity contribution in [3.05, 3.63) is 94.5 Å². The van der Waals surface area contributed by atoms with Gasteiger partial charge >= 0.3 is 6.18 Å². The first-order chi connectivity index (χ1) is 12.7. The van der Waals surface area contributed by atoms with Crippen molar-refractivity contribution < 1.29 is 17.6 Å². The molecule has 0 saturated heterocycles. The van der Waals surface area contributed by atoms with E-state index in [9.17, 15) is 17.6 Å². The summed E-state index contributed by atoms with van der Waals surface area (Å²) in [6, 6.07) is 14.5. The number of aromatic nitrogens is 1. The maximum atomic E-state index is 14.0. The predicted molar refractivity (Wildman–Crippen MR) is 97.2 cm³/mol. The summed E-state index contributed by atoms with van der Waals surface area (Å²) in [5.74, 6) is -0.977. The molecule has 3 rings (SSSR count). The van der Waals surface area contributed by atoms with Gasteiger partial charge in [0, 0.05) is 11.9 Å². The Bertz CT molecular complexity index is 927. The average Bonchev–Trinajstić information content (AvgIpc) is 2.61. The lowest BCUT2D eigenvalue weighted by atomic mass is 9.86. The van der Waals surface area contributed by atoms with Gasteiger partial charge in [0.2, 0.25) is 0 Å². The molecular formula is C20H15ClF4N2. The third-order valence-corrected chi connectivity index (χ3v) is 4.43. The third kappa shape index (κ3) is 4.22. The number of anilines is 1. The van der Waals surface area contributed by atoms with Crippen molar-refractivity contribution >= 4 is 17.3 Å². The Balaban J connectivity index is 2.18. The van der Waals surface area contributed by atoms with Crippen LogP contribution in [0.1, 0.15) is 23.7 Å². The van der Waals surface area contributed by atoms with Crippen LogP contribution in [-0.4, -0.2) is 4.98 Å². The van der Waals surface area contributed by atoms with Crippen LogP contribution in [-0.2, 0) is 11.7 Å². The normalized spacial score (nSPS) is 13.9. The summed E-state index contributed by atoms with van der Waals surface area (Å²) in [6.07, 6.45) is -3.27. The van der Waals surface area contributed by atoms with E-state index in [0.717, 1.165) is 12.1 Å². The number of halogens is 5. The quantitative estimate of drug-likeness (QED) is 0.527. The van der Waals surface area contributed by atoms with Gasteiger partial charge in [-0.3, -0.25) is 4.98 Å². The van der Waals surface area contributed by atoms with Gasteiger partial charge < -0.3 is 5.32 Å². The van der Waals surface area contributed by atoms with E-state index in [0.29, 0.717) is 22.5 Å². The average molecular weight is 395 g/mol. The lowest BCUT2D eigenvalue weighted by Crippen LogP contribution is -2.34. The fourth-order valence-electron chi connectivity index (χ4n) is 2.81. The maximum Gasteiger partial charge on any atom is 0.416 e. The largest absolute Gasteiger partial charge is 0.416 e. The minimum atomic E-state index is -4.67. The molecule has 0 unspecified atom stereocenters. The van der Waals surface area contributed by atoms with Gasteiger partial charge in [-0.15, -0.1) is 0 Å². The Hall–Kier alpha value is -2.60. The number of rotatable bonds is 4. The second-order valence-electron chi connectivity index (χ2n) is 6.20. The van der Waals surface area contributed by atoms with Crippen LogP contribution in [0.3, 0.4) is 0 Å². The molecule has 0 aliphatic heterocycles. The zero-order valence-electron chi connectivity index (χ0n) is 14.2. The number of nitrogens with zero attached hydrogens (tertiary/aromatic N) is 1. The molecular weight excluding hydrogens is 380 g/mol. The van der Waals surface area contributed by atoms with Crippen LogP contribution in [0, 0.1) is 5.82 Å². The van der Waals surface area contributed by atoms with Crippen LogP contribution in [0.15, 0.2) is 66.9 Å². The topological polar surface area (TPSA) is 24.9 Å². The monoisotopic (exact) mass is 394 g/mol. The van der Waals surface area contributed by atoms with Crippen molar-refractivity contribution in [2.75, 3.05) is 5.32 Å². The molecule has 2 nitrogen and oxygen atoms in total. The fraction of sp³-hybridized carbons (Fsp3) is 0.150. The zero-order chi connectivity index (χ0) is 19.7. The highest BCUT2D eigenvalue weighted by Crippen LogP contribution is 2.37. The van der Waals surface area contributed by atoms with E-state index in [1.165, 1.54) is 6.20 Å². The van der Waals surface area contributed by atoms with E-state index in [1.807, 2.05) is 6.07 Å². The molecule has 0 saturated carbocycles. The molecule has 140 valence electrons. The second-order valence-corrected chi connectivity index (χ2v) is 6.64. The minimum absolute atomic E-state index is 0.0912. The van der Waals surface area contributed by atoms with Gasteiger partial charge in [-0.05, 0) is 55.0 Å². The number of hydrogen-bond donors (Lipinski definition) is 1. The molecule has 27 heavy (non-hydrogen) atoms. The number of pyridine rings is 1.